The number of amides is 1. The van der Waals surface area contributed by atoms with Crippen LogP contribution in [-0.2, 0) is 14.3 Å². The number of nitrogens with zero attached hydrogens (tertiary/aromatic N) is 4. The molecule has 0 radical (unpaired) electrons. The van der Waals surface area contributed by atoms with Gasteiger partial charge in [0.2, 0.25) is 5.91 Å². The first-order chi connectivity index (χ1) is 14.7. The van der Waals surface area contributed by atoms with E-state index in [4.69, 9.17) is 9.47 Å². The van der Waals surface area contributed by atoms with Crippen molar-refractivity contribution in [3.63, 3.8) is 0 Å². The molecule has 0 saturated carbocycles. The van der Waals surface area contributed by atoms with E-state index >= 15 is 0 Å². The van der Waals surface area contributed by atoms with Crippen molar-refractivity contribution in [2.45, 2.75) is 25.0 Å². The normalized spacial score (nSPS) is 24.7. The zero-order chi connectivity index (χ0) is 20.8. The number of para-hydroxylation sites is 1. The molecule has 3 aliphatic rings. The summed E-state index contributed by atoms with van der Waals surface area (Å²) >= 11 is 0. The van der Waals surface area contributed by atoms with Crippen LogP contribution in [0.15, 0.2) is 35.3 Å². The summed E-state index contributed by atoms with van der Waals surface area (Å²) in [5.74, 6) is 0.880. The van der Waals surface area contributed by atoms with Crippen molar-refractivity contribution in [2.75, 3.05) is 71.0 Å². The van der Waals surface area contributed by atoms with Crippen molar-refractivity contribution >= 4 is 41.5 Å². The summed E-state index contributed by atoms with van der Waals surface area (Å²) in [6.45, 7) is 6.46. The van der Waals surface area contributed by atoms with Crippen LogP contribution in [0.4, 0.5) is 5.69 Å². The van der Waals surface area contributed by atoms with E-state index in [9.17, 15) is 4.79 Å². The summed E-state index contributed by atoms with van der Waals surface area (Å²) in [6, 6.07) is 10.4. The van der Waals surface area contributed by atoms with E-state index < -0.39 is 0 Å². The Kier molecular flexibility index (Phi) is 9.21. The van der Waals surface area contributed by atoms with Crippen molar-refractivity contribution in [3.05, 3.63) is 30.3 Å². The number of hydrogen-bond acceptors (Lipinski definition) is 5. The number of anilines is 1. The van der Waals surface area contributed by atoms with Crippen LogP contribution in [0.3, 0.4) is 0 Å². The van der Waals surface area contributed by atoms with Gasteiger partial charge in [0, 0.05) is 58.6 Å². The smallest absolute Gasteiger partial charge is 0.242 e. The monoisotopic (exact) mass is 543 g/mol. The fourth-order valence-corrected chi connectivity index (χ4v) is 4.44. The van der Waals surface area contributed by atoms with Crippen LogP contribution in [0.5, 0.6) is 0 Å². The predicted octanol–water partition coefficient (Wildman–Crippen LogP) is 1.41. The van der Waals surface area contributed by atoms with Gasteiger partial charge >= 0.3 is 0 Å². The van der Waals surface area contributed by atoms with Crippen molar-refractivity contribution in [2.24, 2.45) is 4.99 Å². The van der Waals surface area contributed by atoms with Gasteiger partial charge in [-0.2, -0.15) is 0 Å². The Morgan fingerprint density at radius 2 is 1.77 bits per heavy atom. The Balaban J connectivity index is 0.00000272. The van der Waals surface area contributed by atoms with Gasteiger partial charge in [0.1, 0.15) is 6.10 Å². The van der Waals surface area contributed by atoms with Gasteiger partial charge in [0.15, 0.2) is 5.96 Å². The first-order valence-corrected chi connectivity index (χ1v) is 11.0. The lowest BCUT2D eigenvalue weighted by Crippen LogP contribution is -2.55. The molecule has 3 aliphatic heterocycles. The molecule has 1 amide bonds. The minimum Gasteiger partial charge on any atom is -0.375 e. The van der Waals surface area contributed by atoms with Crippen LogP contribution in [0, 0.1) is 0 Å². The third-order valence-corrected chi connectivity index (χ3v) is 6.14. The fraction of sp³-hybridized carbons (Fsp3) is 0.636. The van der Waals surface area contributed by atoms with Gasteiger partial charge in [-0.3, -0.25) is 9.79 Å². The van der Waals surface area contributed by atoms with Crippen LogP contribution >= 0.6 is 24.0 Å². The van der Waals surface area contributed by atoms with Crippen LogP contribution in [0.1, 0.15) is 12.8 Å². The first-order valence-electron chi connectivity index (χ1n) is 11.0. The lowest BCUT2D eigenvalue weighted by atomic mass is 10.1. The standard InChI is InChI=1S/C22H33N5O3.HI/c1-23-22(27-13-15-30-20(17-27)19-8-5-14-29-19)24-16-21(28)26-11-9-25(10-12-26)18-6-3-2-4-7-18;/h2-4,6-7,19-20H,5,8-17H2,1H3,(H,23,24);1H. The second-order valence-corrected chi connectivity index (χ2v) is 8.01. The maximum Gasteiger partial charge on any atom is 0.242 e. The van der Waals surface area contributed by atoms with E-state index in [1.54, 1.807) is 7.05 Å². The number of halogens is 1. The molecule has 2 unspecified atom stereocenters. The number of morpholine rings is 1. The van der Waals surface area contributed by atoms with E-state index in [0.29, 0.717) is 6.61 Å². The van der Waals surface area contributed by atoms with E-state index in [1.165, 1.54) is 5.69 Å². The van der Waals surface area contributed by atoms with Gasteiger partial charge in [0.05, 0.1) is 19.3 Å². The van der Waals surface area contributed by atoms with Crippen molar-refractivity contribution in [1.29, 1.82) is 0 Å². The summed E-state index contributed by atoms with van der Waals surface area (Å²) in [4.78, 5) is 23.6. The Hall–Kier alpha value is -1.59. The summed E-state index contributed by atoms with van der Waals surface area (Å²) in [6.07, 6.45) is 2.40. The van der Waals surface area contributed by atoms with Crippen LogP contribution in [0.2, 0.25) is 0 Å². The average Bonchev–Trinajstić information content (AvgIpc) is 3.35. The number of ether oxygens (including phenoxy) is 2. The van der Waals surface area contributed by atoms with Gasteiger partial charge < -0.3 is 29.5 Å². The lowest BCUT2D eigenvalue weighted by Gasteiger charge is -2.38. The molecule has 1 aromatic carbocycles. The number of carbonyl (C=O) groups excluding carboxylic acids is 1. The molecule has 3 heterocycles. The molecule has 8 nitrogen and oxygen atoms in total. The molecule has 3 saturated heterocycles. The first kappa shape index (κ1) is 24.1. The number of piperazine rings is 1. The van der Waals surface area contributed by atoms with Crippen LogP contribution in [0.25, 0.3) is 0 Å². The summed E-state index contributed by atoms with van der Waals surface area (Å²) in [7, 11) is 1.77. The molecule has 0 bridgehead atoms. The predicted molar refractivity (Wildman–Crippen MR) is 132 cm³/mol. The van der Waals surface area contributed by atoms with Gasteiger partial charge in [-0.15, -0.1) is 24.0 Å². The molecule has 0 spiro atoms. The molecule has 3 fully saturated rings. The molecule has 4 rings (SSSR count). The van der Waals surface area contributed by atoms with Gasteiger partial charge in [-0.25, -0.2) is 0 Å². The highest BCUT2D eigenvalue weighted by atomic mass is 127. The van der Waals surface area contributed by atoms with Gasteiger partial charge in [-0.05, 0) is 25.0 Å². The molecule has 1 aromatic rings. The third-order valence-electron chi connectivity index (χ3n) is 6.14. The highest BCUT2D eigenvalue weighted by Gasteiger charge is 2.32. The van der Waals surface area contributed by atoms with Crippen molar-refractivity contribution < 1.29 is 14.3 Å². The molecule has 9 heteroatoms. The van der Waals surface area contributed by atoms with Crippen LogP contribution < -0.4 is 10.2 Å². The lowest BCUT2D eigenvalue weighted by molar-refractivity contribution is -0.130. The third kappa shape index (κ3) is 6.23. The molecule has 172 valence electrons. The number of benzene rings is 1. The van der Waals surface area contributed by atoms with E-state index in [-0.39, 0.29) is 48.6 Å². The van der Waals surface area contributed by atoms with Crippen molar-refractivity contribution in [3.8, 4) is 0 Å². The quantitative estimate of drug-likeness (QED) is 0.352. The van der Waals surface area contributed by atoms with E-state index in [1.807, 2.05) is 11.0 Å². The Bertz CT molecular complexity index is 721. The minimum absolute atomic E-state index is 0. The van der Waals surface area contributed by atoms with Gasteiger partial charge in [0.25, 0.3) is 0 Å². The molecular formula is C22H34IN5O3. The second-order valence-electron chi connectivity index (χ2n) is 8.01. The summed E-state index contributed by atoms with van der Waals surface area (Å²) in [5.41, 5.74) is 1.22. The largest absolute Gasteiger partial charge is 0.375 e. The maximum atomic E-state index is 12.7. The molecule has 1 N–H and O–H groups in total. The number of rotatable bonds is 4. The van der Waals surface area contributed by atoms with E-state index in [0.717, 1.165) is 64.7 Å². The molecular weight excluding hydrogens is 509 g/mol. The molecule has 31 heavy (non-hydrogen) atoms. The fourth-order valence-electron chi connectivity index (χ4n) is 4.44. The number of nitrogens with one attached hydrogen (secondary N) is 1. The zero-order valence-corrected chi connectivity index (χ0v) is 20.6. The molecule has 2 atom stereocenters. The Morgan fingerprint density at radius 1 is 1.03 bits per heavy atom. The minimum atomic E-state index is 0. The van der Waals surface area contributed by atoms with Crippen molar-refractivity contribution in [1.82, 2.24) is 15.1 Å². The number of hydrogen-bond donors (Lipinski definition) is 1. The van der Waals surface area contributed by atoms with Crippen LogP contribution in [-0.4, -0.2) is 99.9 Å². The highest BCUT2D eigenvalue weighted by Crippen LogP contribution is 2.21. The molecule has 0 aromatic heterocycles. The highest BCUT2D eigenvalue weighted by molar-refractivity contribution is 14.0. The summed E-state index contributed by atoms with van der Waals surface area (Å²) < 4.78 is 11.7. The van der Waals surface area contributed by atoms with E-state index in [2.05, 4.69) is 44.4 Å². The average molecular weight is 543 g/mol. The zero-order valence-electron chi connectivity index (χ0n) is 18.2. The SMILES string of the molecule is CN=C(NCC(=O)N1CCN(c2ccccc2)CC1)N1CCOC(C2CCCO2)C1.I. The second kappa shape index (κ2) is 11.9. The van der Waals surface area contributed by atoms with Gasteiger partial charge in [-0.1, -0.05) is 18.2 Å². The topological polar surface area (TPSA) is 69.6 Å². The number of aliphatic imine (C=N–C) groups is 1. The molecule has 0 aliphatic carbocycles. The number of guanidine groups is 1. The summed E-state index contributed by atoms with van der Waals surface area (Å²) in [5, 5.41) is 3.26. The Morgan fingerprint density at radius 3 is 2.45 bits per heavy atom. The number of carbonyl (C=O) groups is 1. The Labute approximate surface area is 202 Å². The maximum absolute atomic E-state index is 12.7.